The van der Waals surface area contributed by atoms with Gasteiger partial charge in [-0.3, -0.25) is 19.4 Å². The number of hydrogen-bond acceptors (Lipinski definition) is 7. The molecule has 2 rings (SSSR count). The van der Waals surface area contributed by atoms with Crippen molar-refractivity contribution in [2.75, 3.05) is 65.7 Å². The molecule has 0 aromatic rings. The molecule has 2 heterocycles. The second kappa shape index (κ2) is 9.19. The molecule has 2 saturated heterocycles. The number of morpholine rings is 2. The first-order chi connectivity index (χ1) is 10.6. The molecule has 2 aliphatic heterocycles. The lowest BCUT2D eigenvalue weighted by Gasteiger charge is -2.34. The Morgan fingerprint density at radius 2 is 1.41 bits per heavy atom. The van der Waals surface area contributed by atoms with Gasteiger partial charge in [0.05, 0.1) is 26.4 Å². The molecule has 0 aliphatic carbocycles. The van der Waals surface area contributed by atoms with Gasteiger partial charge in [-0.05, 0) is 6.92 Å². The van der Waals surface area contributed by atoms with Crippen LogP contribution in [0.2, 0.25) is 0 Å². The van der Waals surface area contributed by atoms with Crippen LogP contribution >= 0.6 is 0 Å². The van der Waals surface area contributed by atoms with Crippen molar-refractivity contribution in [3.63, 3.8) is 0 Å². The first-order valence-electron chi connectivity index (χ1n) is 7.92. The normalized spacial score (nSPS) is 21.0. The summed E-state index contributed by atoms with van der Waals surface area (Å²) in [6.07, 6.45) is -0.369. The molecule has 126 valence electrons. The zero-order chi connectivity index (χ0) is 15.8. The van der Waals surface area contributed by atoms with Gasteiger partial charge in [0.1, 0.15) is 18.3 Å². The number of rotatable bonds is 7. The predicted octanol–water partition coefficient (Wildman–Crippen LogP) is -0.458. The molecule has 22 heavy (non-hydrogen) atoms. The Morgan fingerprint density at radius 1 is 0.955 bits per heavy atom. The lowest BCUT2D eigenvalue weighted by Crippen LogP contribution is -2.48. The predicted molar refractivity (Wildman–Crippen MR) is 79.7 cm³/mol. The monoisotopic (exact) mass is 314 g/mol. The minimum Gasteiger partial charge on any atom is -0.459 e. The minimum atomic E-state index is -0.431. The van der Waals surface area contributed by atoms with Gasteiger partial charge in [-0.1, -0.05) is 0 Å². The van der Waals surface area contributed by atoms with Crippen LogP contribution < -0.4 is 0 Å². The van der Waals surface area contributed by atoms with Crippen LogP contribution in [0.3, 0.4) is 0 Å². The van der Waals surface area contributed by atoms with Crippen LogP contribution in [-0.4, -0.2) is 93.4 Å². The molecular weight excluding hydrogens is 288 g/mol. The maximum Gasteiger partial charge on any atom is 0.313 e. The van der Waals surface area contributed by atoms with Crippen molar-refractivity contribution < 1.29 is 23.8 Å². The molecule has 0 saturated carbocycles. The molecule has 0 amide bonds. The molecule has 0 bridgehead atoms. The number of ketones is 1. The Bertz CT molecular complexity index is 345. The zero-order valence-corrected chi connectivity index (χ0v) is 13.3. The second-order valence-electron chi connectivity index (χ2n) is 5.82. The van der Waals surface area contributed by atoms with E-state index in [-0.39, 0.29) is 18.3 Å². The highest BCUT2D eigenvalue weighted by Crippen LogP contribution is 2.07. The third-order valence-corrected chi connectivity index (χ3v) is 3.82. The highest BCUT2D eigenvalue weighted by Gasteiger charge is 2.24. The summed E-state index contributed by atoms with van der Waals surface area (Å²) in [6, 6.07) is 0. The lowest BCUT2D eigenvalue weighted by atomic mass is 10.2. The summed E-state index contributed by atoms with van der Waals surface area (Å²) < 4.78 is 16.2. The van der Waals surface area contributed by atoms with Crippen molar-refractivity contribution in [2.24, 2.45) is 0 Å². The molecule has 0 unspecified atom stereocenters. The van der Waals surface area contributed by atoms with E-state index < -0.39 is 5.97 Å². The van der Waals surface area contributed by atoms with Crippen molar-refractivity contribution in [3.8, 4) is 0 Å². The Kier molecular flexibility index (Phi) is 7.24. The fourth-order valence-electron chi connectivity index (χ4n) is 2.71. The van der Waals surface area contributed by atoms with Gasteiger partial charge >= 0.3 is 5.97 Å². The van der Waals surface area contributed by atoms with E-state index in [4.69, 9.17) is 14.2 Å². The van der Waals surface area contributed by atoms with Crippen molar-refractivity contribution >= 4 is 11.8 Å². The Balaban J connectivity index is 1.86. The largest absolute Gasteiger partial charge is 0.459 e. The van der Waals surface area contributed by atoms with Crippen LogP contribution in [0.15, 0.2) is 0 Å². The second-order valence-corrected chi connectivity index (χ2v) is 5.82. The number of carbonyl (C=O) groups excluding carboxylic acids is 2. The highest BCUT2D eigenvalue weighted by atomic mass is 16.5. The molecule has 0 atom stereocenters. The van der Waals surface area contributed by atoms with E-state index in [0.717, 1.165) is 26.2 Å². The summed E-state index contributed by atoms with van der Waals surface area (Å²) in [5, 5.41) is 0. The number of hydrogen-bond donors (Lipinski definition) is 0. The molecule has 0 N–H and O–H groups in total. The summed E-state index contributed by atoms with van der Waals surface area (Å²) in [5.74, 6) is -0.597. The quantitative estimate of drug-likeness (QED) is 0.465. The SMILES string of the molecule is CC(=O)CC(=O)OC(CN1CCOCC1)CN1CCOCC1. The van der Waals surface area contributed by atoms with E-state index in [2.05, 4.69) is 9.80 Å². The van der Waals surface area contributed by atoms with Crippen molar-refractivity contribution in [1.82, 2.24) is 9.80 Å². The third-order valence-electron chi connectivity index (χ3n) is 3.82. The van der Waals surface area contributed by atoms with E-state index in [1.165, 1.54) is 6.92 Å². The van der Waals surface area contributed by atoms with Gasteiger partial charge in [-0.2, -0.15) is 0 Å². The Morgan fingerprint density at radius 3 is 1.82 bits per heavy atom. The van der Waals surface area contributed by atoms with Crippen molar-refractivity contribution in [3.05, 3.63) is 0 Å². The molecular formula is C15H26N2O5. The van der Waals surface area contributed by atoms with Crippen LogP contribution in [0.25, 0.3) is 0 Å². The third kappa shape index (κ3) is 6.39. The Hall–Kier alpha value is -1.02. The summed E-state index contributed by atoms with van der Waals surface area (Å²) in [6.45, 7) is 9.03. The fourth-order valence-corrected chi connectivity index (χ4v) is 2.71. The van der Waals surface area contributed by atoms with E-state index in [0.29, 0.717) is 39.5 Å². The molecule has 0 radical (unpaired) electrons. The highest BCUT2D eigenvalue weighted by molar-refractivity contribution is 5.94. The van der Waals surface area contributed by atoms with Crippen LogP contribution in [0.1, 0.15) is 13.3 Å². The topological polar surface area (TPSA) is 68.3 Å². The fraction of sp³-hybridized carbons (Fsp3) is 0.867. The zero-order valence-electron chi connectivity index (χ0n) is 13.3. The average Bonchev–Trinajstić information content (AvgIpc) is 2.48. The van der Waals surface area contributed by atoms with Gasteiger partial charge in [-0.15, -0.1) is 0 Å². The molecule has 0 aromatic heterocycles. The smallest absolute Gasteiger partial charge is 0.313 e. The van der Waals surface area contributed by atoms with Crippen molar-refractivity contribution in [1.29, 1.82) is 0 Å². The van der Waals surface area contributed by atoms with E-state index in [1.54, 1.807) is 0 Å². The van der Waals surface area contributed by atoms with Crippen LogP contribution in [-0.2, 0) is 23.8 Å². The number of esters is 1. The summed E-state index contributed by atoms with van der Waals surface area (Å²) in [5.41, 5.74) is 0. The van der Waals surface area contributed by atoms with Gasteiger partial charge in [0.2, 0.25) is 0 Å². The Labute approximate surface area is 131 Å². The van der Waals surface area contributed by atoms with Crippen molar-refractivity contribution in [2.45, 2.75) is 19.4 Å². The summed E-state index contributed by atoms with van der Waals surface area (Å²) in [7, 11) is 0. The van der Waals surface area contributed by atoms with E-state index in [9.17, 15) is 9.59 Å². The number of carbonyl (C=O) groups is 2. The van der Waals surface area contributed by atoms with Crippen LogP contribution in [0.4, 0.5) is 0 Å². The molecule has 7 heteroatoms. The first kappa shape index (κ1) is 17.3. The first-order valence-corrected chi connectivity index (χ1v) is 7.92. The minimum absolute atomic E-state index is 0.150. The van der Waals surface area contributed by atoms with Gasteiger partial charge < -0.3 is 14.2 Å². The summed E-state index contributed by atoms with van der Waals surface area (Å²) >= 11 is 0. The van der Waals surface area contributed by atoms with E-state index in [1.807, 2.05) is 0 Å². The van der Waals surface area contributed by atoms with Crippen LogP contribution in [0.5, 0.6) is 0 Å². The van der Waals surface area contributed by atoms with Gasteiger partial charge in [-0.25, -0.2) is 0 Å². The lowest BCUT2D eigenvalue weighted by molar-refractivity contribution is -0.153. The van der Waals surface area contributed by atoms with Gasteiger partial charge in [0.25, 0.3) is 0 Å². The maximum atomic E-state index is 11.8. The standard InChI is InChI=1S/C15H26N2O5/c1-13(18)10-15(19)22-14(11-16-2-6-20-7-3-16)12-17-4-8-21-9-5-17/h14H,2-12H2,1H3. The van der Waals surface area contributed by atoms with Gasteiger partial charge in [0, 0.05) is 39.3 Å². The number of ether oxygens (including phenoxy) is 3. The summed E-state index contributed by atoms with van der Waals surface area (Å²) in [4.78, 5) is 27.4. The van der Waals surface area contributed by atoms with E-state index >= 15 is 0 Å². The van der Waals surface area contributed by atoms with Gasteiger partial charge in [0.15, 0.2) is 0 Å². The number of Topliss-reactive ketones (excluding diaryl/α,β-unsaturated/α-hetero) is 1. The molecule has 0 aromatic carbocycles. The molecule has 0 spiro atoms. The molecule has 7 nitrogen and oxygen atoms in total. The van der Waals surface area contributed by atoms with Crippen LogP contribution in [0, 0.1) is 0 Å². The maximum absolute atomic E-state index is 11.8. The molecule has 2 aliphatic rings. The number of nitrogens with zero attached hydrogens (tertiary/aromatic N) is 2. The molecule has 2 fully saturated rings. The average molecular weight is 314 g/mol.